The zero-order chi connectivity index (χ0) is 27.1. The predicted octanol–water partition coefficient (Wildman–Crippen LogP) is 4.92. The molecule has 0 fully saturated rings. The van der Waals surface area contributed by atoms with Crippen LogP contribution in [0.1, 0.15) is 26.3 Å². The lowest BCUT2D eigenvalue weighted by Crippen LogP contribution is -2.47. The standard InChI is InChI=1S/C28H36N6O4/c1-6-32(7-2)13-14-38-23-11-9-21(10-12-23)30-27-29-18-20-19-34(28(35)33(8-3)26(20)31-27)22-15-24(36-4)17-25(16-22)37-5/h9-12,15-18H,6-8,13-14,19H2,1-5H3,(H,29,30,31). The SMILES string of the molecule is CCN(CC)CCOc1ccc(Nc2ncc3c(n2)N(CC)C(=O)N(c2cc(OC)cc(OC)c2)C3)cc1. The van der Waals surface area contributed by atoms with E-state index < -0.39 is 0 Å². The number of aromatic nitrogens is 2. The molecule has 0 aliphatic carbocycles. The molecular formula is C28H36N6O4. The van der Waals surface area contributed by atoms with Crippen LogP contribution in [0.5, 0.6) is 17.2 Å². The molecule has 202 valence electrons. The van der Waals surface area contributed by atoms with E-state index in [2.05, 4.69) is 34.0 Å². The Kier molecular flexibility index (Phi) is 8.85. The summed E-state index contributed by atoms with van der Waals surface area (Å²) in [5.74, 6) is 3.04. The van der Waals surface area contributed by atoms with Gasteiger partial charge in [0.1, 0.15) is 29.7 Å². The number of hydrogen-bond acceptors (Lipinski definition) is 8. The Bertz CT molecular complexity index is 1210. The van der Waals surface area contributed by atoms with Crippen LogP contribution in [0.3, 0.4) is 0 Å². The van der Waals surface area contributed by atoms with Crippen molar-refractivity contribution in [3.8, 4) is 17.2 Å². The van der Waals surface area contributed by atoms with Crippen molar-refractivity contribution in [1.29, 1.82) is 0 Å². The fourth-order valence-electron chi connectivity index (χ4n) is 4.31. The van der Waals surface area contributed by atoms with E-state index in [0.717, 1.165) is 36.6 Å². The Morgan fingerprint density at radius 3 is 2.26 bits per heavy atom. The van der Waals surface area contributed by atoms with E-state index in [9.17, 15) is 4.79 Å². The van der Waals surface area contributed by atoms with Crippen LogP contribution >= 0.6 is 0 Å². The Morgan fingerprint density at radius 2 is 1.66 bits per heavy atom. The second kappa shape index (κ2) is 12.5. The summed E-state index contributed by atoms with van der Waals surface area (Å²) in [6, 6.07) is 12.9. The zero-order valence-corrected chi connectivity index (χ0v) is 22.7. The third-order valence-corrected chi connectivity index (χ3v) is 6.53. The van der Waals surface area contributed by atoms with Gasteiger partial charge in [-0.2, -0.15) is 4.98 Å². The highest BCUT2D eigenvalue weighted by Crippen LogP contribution is 2.35. The van der Waals surface area contributed by atoms with Crippen molar-refractivity contribution < 1.29 is 19.0 Å². The Balaban J connectivity index is 1.48. The number of urea groups is 1. The third-order valence-electron chi connectivity index (χ3n) is 6.53. The molecule has 4 rings (SSSR count). The molecule has 0 radical (unpaired) electrons. The molecule has 0 saturated carbocycles. The van der Waals surface area contributed by atoms with Crippen LogP contribution in [0.15, 0.2) is 48.7 Å². The molecule has 2 amide bonds. The molecule has 2 heterocycles. The molecule has 0 saturated heterocycles. The quantitative estimate of drug-likeness (QED) is 0.360. The first-order valence-electron chi connectivity index (χ1n) is 12.9. The van der Waals surface area contributed by atoms with Crippen molar-refractivity contribution in [2.24, 2.45) is 0 Å². The molecule has 0 atom stereocenters. The Labute approximate surface area is 224 Å². The maximum atomic E-state index is 13.5. The summed E-state index contributed by atoms with van der Waals surface area (Å²) in [5, 5.41) is 3.24. The third kappa shape index (κ3) is 6.08. The lowest BCUT2D eigenvalue weighted by molar-refractivity contribution is 0.223. The van der Waals surface area contributed by atoms with Crippen molar-refractivity contribution in [3.63, 3.8) is 0 Å². The fourth-order valence-corrected chi connectivity index (χ4v) is 4.31. The fraction of sp³-hybridized carbons (Fsp3) is 0.393. The summed E-state index contributed by atoms with van der Waals surface area (Å²) in [6.07, 6.45) is 1.76. The molecule has 1 aromatic heterocycles. The first-order chi connectivity index (χ1) is 18.5. The van der Waals surface area contributed by atoms with Gasteiger partial charge in [-0.3, -0.25) is 9.80 Å². The summed E-state index contributed by atoms with van der Waals surface area (Å²) >= 11 is 0. The summed E-state index contributed by atoms with van der Waals surface area (Å²) in [7, 11) is 3.17. The van der Waals surface area contributed by atoms with E-state index in [0.29, 0.717) is 48.6 Å². The van der Waals surface area contributed by atoms with Crippen LogP contribution in [0.2, 0.25) is 0 Å². The number of nitrogens with zero attached hydrogens (tertiary/aromatic N) is 5. The molecule has 0 spiro atoms. The van der Waals surface area contributed by atoms with Crippen molar-refractivity contribution >= 4 is 29.2 Å². The number of fused-ring (bicyclic) bond motifs is 1. The van der Waals surface area contributed by atoms with Crippen molar-refractivity contribution in [3.05, 3.63) is 54.2 Å². The Hall–Kier alpha value is -4.05. The molecule has 10 heteroatoms. The zero-order valence-electron chi connectivity index (χ0n) is 22.7. The van der Waals surface area contributed by atoms with Crippen LogP contribution in [0, 0.1) is 0 Å². The summed E-state index contributed by atoms with van der Waals surface area (Å²) in [6.45, 7) is 10.6. The molecule has 38 heavy (non-hydrogen) atoms. The van der Waals surface area contributed by atoms with Gasteiger partial charge in [0.2, 0.25) is 5.95 Å². The number of benzene rings is 2. The van der Waals surface area contributed by atoms with Gasteiger partial charge in [-0.25, -0.2) is 9.78 Å². The Morgan fingerprint density at radius 1 is 0.974 bits per heavy atom. The minimum absolute atomic E-state index is 0.175. The minimum Gasteiger partial charge on any atom is -0.497 e. The molecule has 10 nitrogen and oxygen atoms in total. The van der Waals surface area contributed by atoms with Gasteiger partial charge in [-0.15, -0.1) is 0 Å². The number of ether oxygens (including phenoxy) is 3. The maximum absolute atomic E-state index is 13.5. The van der Waals surface area contributed by atoms with Gasteiger partial charge < -0.3 is 24.4 Å². The highest BCUT2D eigenvalue weighted by molar-refractivity contribution is 6.05. The number of methoxy groups -OCH3 is 2. The number of amides is 2. The monoisotopic (exact) mass is 520 g/mol. The van der Waals surface area contributed by atoms with E-state index in [1.807, 2.05) is 43.3 Å². The van der Waals surface area contributed by atoms with Crippen LogP contribution in [0.4, 0.5) is 27.9 Å². The normalized spacial score (nSPS) is 12.9. The molecule has 1 aliphatic heterocycles. The van der Waals surface area contributed by atoms with Crippen LogP contribution in [0.25, 0.3) is 0 Å². The number of carbonyl (C=O) groups is 1. The number of anilines is 4. The van der Waals surface area contributed by atoms with Crippen molar-refractivity contribution in [2.75, 3.05) is 62.1 Å². The second-order valence-electron chi connectivity index (χ2n) is 8.75. The first-order valence-corrected chi connectivity index (χ1v) is 12.9. The number of rotatable bonds is 12. The van der Waals surface area contributed by atoms with Gasteiger partial charge in [-0.1, -0.05) is 13.8 Å². The minimum atomic E-state index is -0.175. The van der Waals surface area contributed by atoms with Crippen molar-refractivity contribution in [1.82, 2.24) is 14.9 Å². The predicted molar refractivity (Wildman–Crippen MR) is 149 cm³/mol. The number of nitrogens with one attached hydrogen (secondary N) is 1. The smallest absolute Gasteiger partial charge is 0.330 e. The molecular weight excluding hydrogens is 484 g/mol. The molecule has 0 unspecified atom stereocenters. The lowest BCUT2D eigenvalue weighted by atomic mass is 10.1. The van der Waals surface area contributed by atoms with E-state index in [1.54, 1.807) is 36.3 Å². The molecule has 1 aliphatic rings. The molecule has 1 N–H and O–H groups in total. The summed E-state index contributed by atoms with van der Waals surface area (Å²) < 4.78 is 16.6. The number of hydrogen-bond donors (Lipinski definition) is 1. The van der Waals surface area contributed by atoms with Gasteiger partial charge in [0.15, 0.2) is 0 Å². The topological polar surface area (TPSA) is 92.3 Å². The highest BCUT2D eigenvalue weighted by Gasteiger charge is 2.32. The van der Waals surface area contributed by atoms with Crippen LogP contribution in [-0.2, 0) is 6.54 Å². The highest BCUT2D eigenvalue weighted by atomic mass is 16.5. The average molecular weight is 521 g/mol. The molecule has 2 aromatic carbocycles. The first kappa shape index (κ1) is 27.0. The van der Waals surface area contributed by atoms with Gasteiger partial charge in [0, 0.05) is 48.7 Å². The number of likely N-dealkylation sites (N-methyl/N-ethyl adjacent to an activating group) is 1. The molecule has 3 aromatic rings. The summed E-state index contributed by atoms with van der Waals surface area (Å²) in [5.41, 5.74) is 2.35. The van der Waals surface area contributed by atoms with E-state index in [-0.39, 0.29) is 6.03 Å². The molecule has 0 bridgehead atoms. The van der Waals surface area contributed by atoms with Crippen molar-refractivity contribution in [2.45, 2.75) is 27.3 Å². The van der Waals surface area contributed by atoms with Gasteiger partial charge in [-0.05, 0) is 44.3 Å². The second-order valence-corrected chi connectivity index (χ2v) is 8.75. The number of carbonyl (C=O) groups excluding carboxylic acids is 1. The van der Waals surface area contributed by atoms with Crippen LogP contribution in [-0.4, -0.2) is 67.9 Å². The van der Waals surface area contributed by atoms with Crippen LogP contribution < -0.4 is 29.3 Å². The lowest BCUT2D eigenvalue weighted by Gasteiger charge is -2.35. The largest absolute Gasteiger partial charge is 0.497 e. The van der Waals surface area contributed by atoms with E-state index >= 15 is 0 Å². The van der Waals surface area contributed by atoms with Gasteiger partial charge in [0.05, 0.1) is 26.5 Å². The maximum Gasteiger partial charge on any atom is 0.330 e. The van der Waals surface area contributed by atoms with E-state index in [4.69, 9.17) is 14.2 Å². The van der Waals surface area contributed by atoms with Gasteiger partial charge >= 0.3 is 6.03 Å². The van der Waals surface area contributed by atoms with Gasteiger partial charge in [0.25, 0.3) is 0 Å². The average Bonchev–Trinajstić information content (AvgIpc) is 2.95. The summed E-state index contributed by atoms with van der Waals surface area (Å²) in [4.78, 5) is 28.3. The van der Waals surface area contributed by atoms with E-state index in [1.165, 1.54) is 0 Å².